The van der Waals surface area contributed by atoms with Crippen molar-refractivity contribution in [3.05, 3.63) is 0 Å². The Balaban J connectivity index is 1.77. The highest BCUT2D eigenvalue weighted by Gasteiger charge is 2.38. The first-order valence-corrected chi connectivity index (χ1v) is 6.93. The van der Waals surface area contributed by atoms with Gasteiger partial charge in [0.2, 0.25) is 0 Å². The summed E-state index contributed by atoms with van der Waals surface area (Å²) in [4.78, 5) is 2.45. The molecule has 0 aromatic rings. The maximum atomic E-state index is 10.6. The fraction of sp³-hybridized carbons (Fsp3) is 1.00. The molecule has 2 rings (SSSR count). The topological polar surface area (TPSA) is 23.5 Å². The summed E-state index contributed by atoms with van der Waals surface area (Å²) >= 11 is 0. The minimum absolute atomic E-state index is 0.375. The van der Waals surface area contributed by atoms with Gasteiger partial charge in [0.05, 0.1) is 5.60 Å². The molecule has 2 aliphatic rings. The van der Waals surface area contributed by atoms with Gasteiger partial charge in [0.25, 0.3) is 0 Å². The van der Waals surface area contributed by atoms with Crippen molar-refractivity contribution < 1.29 is 5.11 Å². The largest absolute Gasteiger partial charge is 0.389 e. The number of hydrogen-bond donors (Lipinski definition) is 1. The first-order valence-electron chi connectivity index (χ1n) is 6.93. The van der Waals surface area contributed by atoms with Crippen LogP contribution in [-0.2, 0) is 0 Å². The molecule has 0 amide bonds. The van der Waals surface area contributed by atoms with Gasteiger partial charge in [0, 0.05) is 19.6 Å². The molecule has 2 unspecified atom stereocenters. The van der Waals surface area contributed by atoms with Crippen LogP contribution in [0.15, 0.2) is 0 Å². The molecule has 2 nitrogen and oxygen atoms in total. The van der Waals surface area contributed by atoms with Crippen molar-refractivity contribution in [2.24, 2.45) is 17.8 Å². The van der Waals surface area contributed by atoms with E-state index in [2.05, 4.69) is 25.7 Å². The van der Waals surface area contributed by atoms with E-state index in [4.69, 9.17) is 0 Å². The van der Waals surface area contributed by atoms with Crippen LogP contribution in [0.2, 0.25) is 0 Å². The van der Waals surface area contributed by atoms with Gasteiger partial charge in [-0.05, 0) is 30.6 Å². The quantitative estimate of drug-likeness (QED) is 0.798. The van der Waals surface area contributed by atoms with E-state index in [1.807, 2.05) is 0 Å². The van der Waals surface area contributed by atoms with Crippen LogP contribution < -0.4 is 0 Å². The van der Waals surface area contributed by atoms with Crippen molar-refractivity contribution in [1.82, 2.24) is 4.90 Å². The first kappa shape index (κ1) is 12.4. The summed E-state index contributed by atoms with van der Waals surface area (Å²) in [5, 5.41) is 10.6. The molecule has 0 spiro atoms. The molecule has 2 atom stereocenters. The van der Waals surface area contributed by atoms with Crippen LogP contribution in [0.3, 0.4) is 0 Å². The van der Waals surface area contributed by atoms with Crippen LogP contribution in [0.25, 0.3) is 0 Å². The van der Waals surface area contributed by atoms with E-state index in [1.165, 1.54) is 25.9 Å². The maximum Gasteiger partial charge on any atom is 0.0776 e. The van der Waals surface area contributed by atoms with Crippen molar-refractivity contribution in [2.45, 2.75) is 52.1 Å². The Kier molecular flexibility index (Phi) is 3.60. The number of aliphatic hydroxyl groups is 1. The lowest BCUT2D eigenvalue weighted by Gasteiger charge is -2.47. The van der Waals surface area contributed by atoms with Gasteiger partial charge in [-0.1, -0.05) is 33.6 Å². The average Bonchev–Trinajstić information content (AvgIpc) is 2.09. The van der Waals surface area contributed by atoms with E-state index in [9.17, 15) is 5.11 Å². The van der Waals surface area contributed by atoms with Crippen molar-refractivity contribution in [3.63, 3.8) is 0 Å². The van der Waals surface area contributed by atoms with E-state index in [-0.39, 0.29) is 5.60 Å². The molecule has 0 radical (unpaired) electrons. The molecule has 1 heterocycles. The molecular formula is C14H27NO. The minimum atomic E-state index is -0.375. The molecule has 2 heteroatoms. The Labute approximate surface area is 100 Å². The summed E-state index contributed by atoms with van der Waals surface area (Å²) in [5.74, 6) is 2.38. The van der Waals surface area contributed by atoms with E-state index in [0.29, 0.717) is 5.92 Å². The molecule has 1 aliphatic heterocycles. The minimum Gasteiger partial charge on any atom is -0.389 e. The summed E-state index contributed by atoms with van der Waals surface area (Å²) in [5.41, 5.74) is -0.375. The molecule has 1 saturated carbocycles. The van der Waals surface area contributed by atoms with Crippen molar-refractivity contribution >= 4 is 0 Å². The molecule has 1 aliphatic carbocycles. The molecule has 16 heavy (non-hydrogen) atoms. The molecule has 94 valence electrons. The maximum absolute atomic E-state index is 10.6. The Morgan fingerprint density at radius 3 is 2.62 bits per heavy atom. The Morgan fingerprint density at radius 1 is 1.38 bits per heavy atom. The van der Waals surface area contributed by atoms with Crippen molar-refractivity contribution in [2.75, 3.05) is 19.6 Å². The monoisotopic (exact) mass is 225 g/mol. The number of nitrogens with zero attached hydrogens (tertiary/aromatic N) is 1. The van der Waals surface area contributed by atoms with Gasteiger partial charge in [0.15, 0.2) is 0 Å². The lowest BCUT2D eigenvalue weighted by molar-refractivity contribution is -0.0689. The van der Waals surface area contributed by atoms with Gasteiger partial charge in [0.1, 0.15) is 0 Å². The zero-order chi connectivity index (χ0) is 11.8. The lowest BCUT2D eigenvalue weighted by atomic mass is 9.77. The third-order valence-electron chi connectivity index (χ3n) is 4.51. The second-order valence-electron chi connectivity index (χ2n) is 6.62. The Bertz CT molecular complexity index is 235. The Hall–Kier alpha value is -0.0800. The van der Waals surface area contributed by atoms with Gasteiger partial charge in [-0.15, -0.1) is 0 Å². The van der Waals surface area contributed by atoms with Crippen LogP contribution in [0.5, 0.6) is 0 Å². The van der Waals surface area contributed by atoms with Crippen LogP contribution in [0.4, 0.5) is 0 Å². The summed E-state index contributed by atoms with van der Waals surface area (Å²) in [6.07, 6.45) is 4.53. The molecule has 0 aromatic heterocycles. The van der Waals surface area contributed by atoms with Crippen LogP contribution in [0, 0.1) is 17.8 Å². The smallest absolute Gasteiger partial charge is 0.0776 e. The van der Waals surface area contributed by atoms with Gasteiger partial charge in [-0.25, -0.2) is 0 Å². The van der Waals surface area contributed by atoms with Gasteiger partial charge in [-0.3, -0.25) is 4.90 Å². The molecular weight excluding hydrogens is 198 g/mol. The van der Waals surface area contributed by atoms with E-state index >= 15 is 0 Å². The van der Waals surface area contributed by atoms with Gasteiger partial charge >= 0.3 is 0 Å². The van der Waals surface area contributed by atoms with Crippen LogP contribution in [-0.4, -0.2) is 35.2 Å². The predicted molar refractivity (Wildman–Crippen MR) is 67.3 cm³/mol. The molecule has 1 N–H and O–H groups in total. The number of hydrogen-bond acceptors (Lipinski definition) is 2. The highest BCUT2D eigenvalue weighted by molar-refractivity contribution is 4.92. The van der Waals surface area contributed by atoms with Gasteiger partial charge in [-0.2, -0.15) is 0 Å². The number of rotatable bonds is 3. The van der Waals surface area contributed by atoms with Gasteiger partial charge < -0.3 is 5.11 Å². The summed E-state index contributed by atoms with van der Waals surface area (Å²) < 4.78 is 0. The lowest BCUT2D eigenvalue weighted by Crippen LogP contribution is -2.56. The highest BCUT2D eigenvalue weighted by atomic mass is 16.3. The number of β-amino-alcohol motifs (C(OH)–C–C–N with tert-alkyl or cyclic N) is 1. The second-order valence-corrected chi connectivity index (χ2v) is 6.62. The normalized spacial score (nSPS) is 37.7. The third kappa shape index (κ3) is 2.78. The summed E-state index contributed by atoms with van der Waals surface area (Å²) in [7, 11) is 0. The average molecular weight is 225 g/mol. The highest BCUT2D eigenvalue weighted by Crippen LogP contribution is 2.35. The Morgan fingerprint density at radius 2 is 2.06 bits per heavy atom. The molecule has 2 fully saturated rings. The van der Waals surface area contributed by atoms with Crippen LogP contribution in [0.1, 0.15) is 46.5 Å². The molecule has 0 bridgehead atoms. The number of likely N-dealkylation sites (tertiary alicyclic amines) is 1. The zero-order valence-corrected chi connectivity index (χ0v) is 11.1. The fourth-order valence-corrected chi connectivity index (χ4v) is 3.35. The third-order valence-corrected chi connectivity index (χ3v) is 4.51. The standard InChI is InChI=1S/C14H27NO/c1-11(2)13-8-15(9-13)10-14(16)6-4-5-12(3)7-14/h11-13,16H,4-10H2,1-3H3. The summed E-state index contributed by atoms with van der Waals surface area (Å²) in [6, 6.07) is 0. The van der Waals surface area contributed by atoms with Crippen LogP contribution >= 0.6 is 0 Å². The van der Waals surface area contributed by atoms with E-state index in [0.717, 1.165) is 31.2 Å². The fourth-order valence-electron chi connectivity index (χ4n) is 3.35. The molecule has 0 aromatic carbocycles. The second kappa shape index (κ2) is 4.66. The first-order chi connectivity index (χ1) is 7.48. The SMILES string of the molecule is CC1CCCC(O)(CN2CC(C(C)C)C2)C1. The van der Waals surface area contributed by atoms with Crippen molar-refractivity contribution in [3.8, 4) is 0 Å². The predicted octanol–water partition coefficient (Wildman–Crippen LogP) is 2.52. The zero-order valence-electron chi connectivity index (χ0n) is 11.1. The summed E-state index contributed by atoms with van der Waals surface area (Å²) in [6.45, 7) is 10.2. The van der Waals surface area contributed by atoms with E-state index in [1.54, 1.807) is 0 Å². The van der Waals surface area contributed by atoms with E-state index < -0.39 is 0 Å². The molecule has 1 saturated heterocycles. The van der Waals surface area contributed by atoms with Crippen molar-refractivity contribution in [1.29, 1.82) is 0 Å².